The lowest BCUT2D eigenvalue weighted by atomic mass is 10.2. The molecule has 0 spiro atoms. The minimum atomic E-state index is -0.487. The van der Waals surface area contributed by atoms with Crippen LogP contribution in [0.4, 0.5) is 0 Å². The summed E-state index contributed by atoms with van der Waals surface area (Å²) in [5, 5.41) is 22.0. The van der Waals surface area contributed by atoms with Gasteiger partial charge in [0.25, 0.3) is 0 Å². The molecule has 6 heteroatoms. The zero-order valence-corrected chi connectivity index (χ0v) is 17.7. The molecule has 1 atom stereocenters. The Bertz CT molecular complexity index is 804. The van der Waals surface area contributed by atoms with E-state index in [9.17, 15) is 5.11 Å². The van der Waals surface area contributed by atoms with Gasteiger partial charge < -0.3 is 19.7 Å². The highest BCUT2D eigenvalue weighted by Gasteiger charge is 2.15. The molecule has 1 heterocycles. The highest BCUT2D eigenvalue weighted by molar-refractivity contribution is 14.1. The molecule has 0 aliphatic heterocycles. The Balaban J connectivity index is 2.02. The number of hydrogen-bond acceptors (Lipinski definition) is 3. The lowest BCUT2D eigenvalue weighted by molar-refractivity contribution is 0.102. The number of nitrogens with zero attached hydrogens (tertiary/aromatic N) is 2. The number of likely N-dealkylation sites (N-methyl/N-ethyl adjacent to an activating group) is 1. The van der Waals surface area contributed by atoms with Crippen molar-refractivity contribution in [3.05, 3.63) is 43.5 Å². The molecular weight excluding hydrogens is 530 g/mol. The highest BCUT2D eigenvalue weighted by atomic mass is 127. The first-order valence-corrected chi connectivity index (χ1v) is 10.00. The molecule has 4 nitrogen and oxygen atoms in total. The van der Waals surface area contributed by atoms with Crippen molar-refractivity contribution >= 4 is 67.0 Å². The Morgan fingerprint density at radius 1 is 1.04 bits per heavy atom. The number of aliphatic hydroxyl groups is 2. The molecular formula is C18H20I2N2O2. The van der Waals surface area contributed by atoms with Gasteiger partial charge in [0.2, 0.25) is 0 Å². The zero-order valence-electron chi connectivity index (χ0n) is 13.4. The second-order valence-corrected chi connectivity index (χ2v) is 8.56. The van der Waals surface area contributed by atoms with Gasteiger partial charge in [-0.1, -0.05) is 0 Å². The number of halogens is 2. The molecule has 0 radical (unpaired) electrons. The average Bonchev–Trinajstić information content (AvgIpc) is 2.80. The third kappa shape index (κ3) is 3.87. The molecule has 0 aliphatic carbocycles. The van der Waals surface area contributed by atoms with Crippen LogP contribution in [0.25, 0.3) is 21.8 Å². The number of aromatic nitrogens is 1. The van der Waals surface area contributed by atoms with Crippen LogP contribution in [0.2, 0.25) is 0 Å². The lowest BCUT2D eigenvalue weighted by Crippen LogP contribution is -2.33. The Morgan fingerprint density at radius 3 is 2.08 bits per heavy atom. The van der Waals surface area contributed by atoms with E-state index >= 15 is 0 Å². The van der Waals surface area contributed by atoms with Gasteiger partial charge in [0.1, 0.15) is 0 Å². The molecule has 2 N–H and O–H groups in total. The van der Waals surface area contributed by atoms with Gasteiger partial charge in [-0.15, -0.1) is 0 Å². The van der Waals surface area contributed by atoms with E-state index in [-0.39, 0.29) is 6.61 Å². The maximum absolute atomic E-state index is 10.5. The van der Waals surface area contributed by atoms with Gasteiger partial charge in [-0.05, 0) is 88.6 Å². The van der Waals surface area contributed by atoms with Crippen LogP contribution in [0, 0.1) is 7.14 Å². The van der Waals surface area contributed by atoms with Gasteiger partial charge in [-0.2, -0.15) is 0 Å². The van der Waals surface area contributed by atoms with Crippen molar-refractivity contribution in [1.29, 1.82) is 0 Å². The Hall–Kier alpha value is -0.420. The van der Waals surface area contributed by atoms with E-state index in [4.69, 9.17) is 5.11 Å². The minimum absolute atomic E-state index is 0.107. The predicted molar refractivity (Wildman–Crippen MR) is 115 cm³/mol. The monoisotopic (exact) mass is 550 g/mol. The first-order chi connectivity index (χ1) is 11.5. The molecule has 0 unspecified atom stereocenters. The Morgan fingerprint density at radius 2 is 1.58 bits per heavy atom. The summed E-state index contributed by atoms with van der Waals surface area (Å²) >= 11 is 4.68. The largest absolute Gasteiger partial charge is 0.395 e. The van der Waals surface area contributed by atoms with E-state index in [2.05, 4.69) is 86.1 Å². The lowest BCUT2D eigenvalue weighted by Gasteiger charge is -2.20. The van der Waals surface area contributed by atoms with E-state index in [1.165, 1.54) is 17.9 Å². The first kappa shape index (κ1) is 18.4. The topological polar surface area (TPSA) is 48.6 Å². The number of benzene rings is 2. The smallest absolute Gasteiger partial charge is 0.0845 e. The summed E-state index contributed by atoms with van der Waals surface area (Å²) in [6, 6.07) is 12.9. The van der Waals surface area contributed by atoms with Crippen molar-refractivity contribution in [1.82, 2.24) is 9.47 Å². The number of rotatable bonds is 6. The van der Waals surface area contributed by atoms with Crippen LogP contribution in [0.5, 0.6) is 0 Å². The van der Waals surface area contributed by atoms with Crippen molar-refractivity contribution in [3.63, 3.8) is 0 Å². The fraction of sp³-hybridized carbons (Fsp3) is 0.333. The third-order valence-electron chi connectivity index (χ3n) is 4.19. The normalized spacial score (nSPS) is 13.2. The Kier molecular flexibility index (Phi) is 6.02. The maximum atomic E-state index is 10.5. The summed E-state index contributed by atoms with van der Waals surface area (Å²) < 4.78 is 4.62. The van der Waals surface area contributed by atoms with E-state index in [0.717, 1.165) is 11.0 Å². The van der Waals surface area contributed by atoms with Gasteiger partial charge in [-0.3, -0.25) is 0 Å². The first-order valence-electron chi connectivity index (χ1n) is 7.84. The fourth-order valence-corrected chi connectivity index (χ4v) is 4.12. The molecule has 3 rings (SSSR count). The summed E-state index contributed by atoms with van der Waals surface area (Å²) in [7, 11) is 1.91. The average molecular weight is 550 g/mol. The Labute approximate surface area is 168 Å². The fourth-order valence-electron chi connectivity index (χ4n) is 3.14. The van der Waals surface area contributed by atoms with Gasteiger partial charge in [-0.25, -0.2) is 0 Å². The van der Waals surface area contributed by atoms with Gasteiger partial charge in [0.15, 0.2) is 0 Å². The van der Waals surface area contributed by atoms with Gasteiger partial charge >= 0.3 is 0 Å². The van der Waals surface area contributed by atoms with Crippen LogP contribution in [0.3, 0.4) is 0 Å². The van der Waals surface area contributed by atoms with Crippen LogP contribution < -0.4 is 0 Å². The molecule has 3 aromatic rings. The van der Waals surface area contributed by atoms with Crippen molar-refractivity contribution in [2.24, 2.45) is 0 Å². The van der Waals surface area contributed by atoms with Crippen LogP contribution >= 0.6 is 45.2 Å². The summed E-state index contributed by atoms with van der Waals surface area (Å²) in [5.41, 5.74) is 2.30. The van der Waals surface area contributed by atoms with Crippen molar-refractivity contribution in [2.45, 2.75) is 12.6 Å². The summed E-state index contributed by atoms with van der Waals surface area (Å²) in [6.45, 7) is 1.75. The highest BCUT2D eigenvalue weighted by Crippen LogP contribution is 2.31. The summed E-state index contributed by atoms with van der Waals surface area (Å²) in [4.78, 5) is 1.95. The SMILES string of the molecule is CN(CCO)C[C@@H](O)Cn1c2ccc(I)cc2c2cc(I)ccc21. The van der Waals surface area contributed by atoms with E-state index < -0.39 is 6.10 Å². The van der Waals surface area contributed by atoms with Crippen molar-refractivity contribution in [2.75, 3.05) is 26.7 Å². The molecule has 0 fully saturated rings. The molecule has 128 valence electrons. The molecule has 0 aliphatic rings. The summed E-state index contributed by atoms with van der Waals surface area (Å²) in [5.74, 6) is 0. The second kappa shape index (κ2) is 7.86. The predicted octanol–water partition coefficient (Wildman–Crippen LogP) is 3.29. The number of fused-ring (bicyclic) bond motifs is 3. The van der Waals surface area contributed by atoms with Gasteiger partial charge in [0, 0.05) is 42.0 Å². The quantitative estimate of drug-likeness (QED) is 0.464. The third-order valence-corrected chi connectivity index (χ3v) is 5.53. The maximum Gasteiger partial charge on any atom is 0.0845 e. The molecule has 0 amide bonds. The van der Waals surface area contributed by atoms with E-state index in [1.54, 1.807) is 0 Å². The minimum Gasteiger partial charge on any atom is -0.395 e. The molecule has 0 saturated heterocycles. The van der Waals surface area contributed by atoms with Crippen LogP contribution in [0.15, 0.2) is 36.4 Å². The van der Waals surface area contributed by atoms with E-state index in [0.29, 0.717) is 19.6 Å². The molecule has 1 aromatic heterocycles. The molecule has 2 aromatic carbocycles. The summed E-state index contributed by atoms with van der Waals surface area (Å²) in [6.07, 6.45) is -0.487. The van der Waals surface area contributed by atoms with Gasteiger partial charge in [0.05, 0.1) is 19.3 Å². The van der Waals surface area contributed by atoms with Crippen LogP contribution in [-0.2, 0) is 6.54 Å². The van der Waals surface area contributed by atoms with E-state index in [1.807, 2.05) is 11.9 Å². The molecule has 24 heavy (non-hydrogen) atoms. The van der Waals surface area contributed by atoms with Crippen molar-refractivity contribution < 1.29 is 10.2 Å². The van der Waals surface area contributed by atoms with Crippen molar-refractivity contribution in [3.8, 4) is 0 Å². The van der Waals surface area contributed by atoms with Crippen LogP contribution in [-0.4, -0.2) is 52.5 Å². The number of aliphatic hydroxyl groups excluding tert-OH is 2. The van der Waals surface area contributed by atoms with Crippen LogP contribution in [0.1, 0.15) is 0 Å². The second-order valence-electron chi connectivity index (χ2n) is 6.07. The zero-order chi connectivity index (χ0) is 17.3. The standard InChI is InChI=1S/C18H20I2N2O2/c1-21(6-7-23)10-14(24)11-22-17-4-2-12(19)8-15(17)16-9-13(20)3-5-18(16)22/h2-5,8-9,14,23-24H,6-7,10-11H2,1H3/t14-/m1/s1. The number of hydrogen-bond donors (Lipinski definition) is 2. The molecule has 0 saturated carbocycles. The molecule has 0 bridgehead atoms.